The van der Waals surface area contributed by atoms with Gasteiger partial charge in [0.05, 0.1) is 5.56 Å². The van der Waals surface area contributed by atoms with Crippen molar-refractivity contribution in [2.24, 2.45) is 5.92 Å². The molecule has 2 atom stereocenters. The van der Waals surface area contributed by atoms with Gasteiger partial charge in [0.25, 0.3) is 0 Å². The predicted octanol–water partition coefficient (Wildman–Crippen LogP) is 4.44. The molecular formula is C20H29F3N2O. The summed E-state index contributed by atoms with van der Waals surface area (Å²) in [6, 6.07) is 5.36. The second-order valence-corrected chi connectivity index (χ2v) is 7.60. The molecule has 1 aliphatic rings. The first-order chi connectivity index (χ1) is 12.2. The van der Waals surface area contributed by atoms with Gasteiger partial charge in [0.2, 0.25) is 5.91 Å². The van der Waals surface area contributed by atoms with Crippen molar-refractivity contribution in [2.45, 2.75) is 58.2 Å². The van der Waals surface area contributed by atoms with Crippen molar-refractivity contribution >= 4 is 5.91 Å². The van der Waals surface area contributed by atoms with E-state index in [1.807, 2.05) is 6.92 Å². The molecule has 0 aromatic heterocycles. The van der Waals surface area contributed by atoms with Crippen LogP contribution in [-0.2, 0) is 11.0 Å². The van der Waals surface area contributed by atoms with E-state index in [0.29, 0.717) is 12.6 Å². The Balaban J connectivity index is 1.78. The third kappa shape index (κ3) is 6.01. The number of benzene rings is 1. The van der Waals surface area contributed by atoms with Crippen LogP contribution in [0.2, 0.25) is 0 Å². The highest BCUT2D eigenvalue weighted by Crippen LogP contribution is 2.30. The average molecular weight is 370 g/mol. The van der Waals surface area contributed by atoms with Gasteiger partial charge in [-0.1, -0.05) is 26.0 Å². The van der Waals surface area contributed by atoms with Gasteiger partial charge in [-0.15, -0.1) is 0 Å². The van der Waals surface area contributed by atoms with E-state index in [9.17, 15) is 18.0 Å². The Hall–Kier alpha value is -1.56. The first-order valence-electron chi connectivity index (χ1n) is 9.34. The molecule has 1 aliphatic heterocycles. The van der Waals surface area contributed by atoms with Gasteiger partial charge in [0, 0.05) is 19.0 Å². The number of amides is 1. The fraction of sp³-hybridized carbons (Fsp3) is 0.650. The first-order valence-corrected chi connectivity index (χ1v) is 9.34. The summed E-state index contributed by atoms with van der Waals surface area (Å²) in [5.74, 6) is 0.593. The molecule has 26 heavy (non-hydrogen) atoms. The normalized spacial score (nSPS) is 19.2. The Bertz CT molecular complexity index is 578. The van der Waals surface area contributed by atoms with Gasteiger partial charge < -0.3 is 5.32 Å². The summed E-state index contributed by atoms with van der Waals surface area (Å²) in [6.45, 7) is 8.99. The largest absolute Gasteiger partial charge is 0.416 e. The molecule has 6 heteroatoms. The number of carbonyl (C=O) groups is 1. The third-order valence-corrected chi connectivity index (χ3v) is 5.33. The molecule has 0 unspecified atom stereocenters. The van der Waals surface area contributed by atoms with Crippen molar-refractivity contribution in [3.05, 3.63) is 35.4 Å². The number of carbonyl (C=O) groups excluding carboxylic acids is 1. The van der Waals surface area contributed by atoms with E-state index in [1.165, 1.54) is 25.0 Å². The quantitative estimate of drug-likeness (QED) is 0.803. The topological polar surface area (TPSA) is 32.3 Å². The summed E-state index contributed by atoms with van der Waals surface area (Å²) in [5.41, 5.74) is 0.0776. The molecule has 1 heterocycles. The maximum absolute atomic E-state index is 12.6. The molecule has 0 bridgehead atoms. The lowest BCUT2D eigenvalue weighted by Gasteiger charge is -2.35. The average Bonchev–Trinajstić information content (AvgIpc) is 2.59. The summed E-state index contributed by atoms with van der Waals surface area (Å²) in [5, 5.41) is 2.97. The van der Waals surface area contributed by atoms with Crippen LogP contribution in [0.15, 0.2) is 24.3 Å². The molecule has 0 aliphatic carbocycles. The second kappa shape index (κ2) is 8.89. The van der Waals surface area contributed by atoms with Crippen molar-refractivity contribution in [1.82, 2.24) is 10.2 Å². The van der Waals surface area contributed by atoms with E-state index < -0.39 is 11.7 Å². The van der Waals surface area contributed by atoms with Gasteiger partial charge in [-0.2, -0.15) is 13.2 Å². The lowest BCUT2D eigenvalue weighted by molar-refractivity contribution is -0.137. The van der Waals surface area contributed by atoms with Crippen molar-refractivity contribution in [1.29, 1.82) is 0 Å². The van der Waals surface area contributed by atoms with E-state index in [0.717, 1.165) is 36.7 Å². The van der Waals surface area contributed by atoms with Crippen LogP contribution in [0, 0.1) is 5.92 Å². The highest BCUT2D eigenvalue weighted by molar-refractivity contribution is 5.76. The fourth-order valence-electron chi connectivity index (χ4n) is 3.33. The number of nitrogens with zero attached hydrogens (tertiary/aromatic N) is 1. The second-order valence-electron chi connectivity index (χ2n) is 7.60. The minimum atomic E-state index is -4.33. The number of hydrogen-bond donors (Lipinski definition) is 1. The highest BCUT2D eigenvalue weighted by atomic mass is 19.4. The SMILES string of the molecule is CC1CCN([C@@H](C)CNC(=O)C[C@@H](C)c2ccc(C(F)(F)F)cc2)CC1. The Labute approximate surface area is 154 Å². The molecule has 2 rings (SSSR count). The molecular weight excluding hydrogens is 341 g/mol. The Kier molecular flexibility index (Phi) is 7.09. The number of piperidine rings is 1. The summed E-state index contributed by atoms with van der Waals surface area (Å²) in [7, 11) is 0. The van der Waals surface area contributed by atoms with Crippen molar-refractivity contribution in [2.75, 3.05) is 19.6 Å². The third-order valence-electron chi connectivity index (χ3n) is 5.33. The number of alkyl halides is 3. The standard InChI is InChI=1S/C20H29F3N2O/c1-14-8-10-25(11-9-14)16(3)13-24-19(26)12-15(2)17-4-6-18(7-5-17)20(21,22)23/h4-7,14-16H,8-13H2,1-3H3,(H,24,26)/t15-,16+/m1/s1. The number of nitrogens with one attached hydrogen (secondary N) is 1. The molecule has 0 spiro atoms. The van der Waals surface area contributed by atoms with Crippen LogP contribution < -0.4 is 5.32 Å². The van der Waals surface area contributed by atoms with Crippen molar-refractivity contribution in [3.8, 4) is 0 Å². The fourth-order valence-corrected chi connectivity index (χ4v) is 3.33. The molecule has 1 saturated heterocycles. The maximum atomic E-state index is 12.6. The minimum Gasteiger partial charge on any atom is -0.355 e. The van der Waals surface area contributed by atoms with Gasteiger partial charge >= 0.3 is 6.18 Å². The zero-order chi connectivity index (χ0) is 19.3. The Morgan fingerprint density at radius 2 is 1.77 bits per heavy atom. The smallest absolute Gasteiger partial charge is 0.355 e. The van der Waals surface area contributed by atoms with Gasteiger partial charge in [-0.25, -0.2) is 0 Å². The van der Waals surface area contributed by atoms with Crippen LogP contribution >= 0.6 is 0 Å². The van der Waals surface area contributed by atoms with Crippen molar-refractivity contribution in [3.63, 3.8) is 0 Å². The van der Waals surface area contributed by atoms with Crippen molar-refractivity contribution < 1.29 is 18.0 Å². The van der Waals surface area contributed by atoms with E-state index in [1.54, 1.807) is 0 Å². The molecule has 146 valence electrons. The van der Waals surface area contributed by atoms with E-state index in [2.05, 4.69) is 24.1 Å². The molecule has 0 saturated carbocycles. The number of halogens is 3. The van der Waals surface area contributed by atoms with E-state index in [-0.39, 0.29) is 18.2 Å². The van der Waals surface area contributed by atoms with Gasteiger partial charge in [0.1, 0.15) is 0 Å². The van der Waals surface area contributed by atoms with Gasteiger partial charge in [-0.3, -0.25) is 9.69 Å². The molecule has 3 nitrogen and oxygen atoms in total. The summed E-state index contributed by atoms with van der Waals surface area (Å²) >= 11 is 0. The summed E-state index contributed by atoms with van der Waals surface area (Å²) in [4.78, 5) is 14.6. The van der Waals surface area contributed by atoms with E-state index in [4.69, 9.17) is 0 Å². The minimum absolute atomic E-state index is 0.0605. The van der Waals surface area contributed by atoms with Crippen LogP contribution in [0.3, 0.4) is 0 Å². The number of likely N-dealkylation sites (tertiary alicyclic amines) is 1. The van der Waals surface area contributed by atoms with Gasteiger partial charge in [-0.05, 0) is 62.4 Å². The summed E-state index contributed by atoms with van der Waals surface area (Å²) < 4.78 is 37.8. The van der Waals surface area contributed by atoms with Crippen LogP contribution in [-0.4, -0.2) is 36.5 Å². The monoisotopic (exact) mass is 370 g/mol. The molecule has 1 fully saturated rings. The predicted molar refractivity (Wildman–Crippen MR) is 96.9 cm³/mol. The lowest BCUT2D eigenvalue weighted by Crippen LogP contribution is -2.45. The molecule has 1 aromatic carbocycles. The highest BCUT2D eigenvalue weighted by Gasteiger charge is 2.30. The maximum Gasteiger partial charge on any atom is 0.416 e. The van der Waals surface area contributed by atoms with Crippen LogP contribution in [0.4, 0.5) is 13.2 Å². The number of rotatable bonds is 6. The zero-order valence-electron chi connectivity index (χ0n) is 15.8. The molecule has 1 amide bonds. The summed E-state index contributed by atoms with van der Waals surface area (Å²) in [6.07, 6.45) is -1.66. The van der Waals surface area contributed by atoms with Crippen LogP contribution in [0.5, 0.6) is 0 Å². The number of hydrogen-bond acceptors (Lipinski definition) is 2. The lowest BCUT2D eigenvalue weighted by atomic mass is 9.96. The van der Waals surface area contributed by atoms with Gasteiger partial charge in [0.15, 0.2) is 0 Å². The Morgan fingerprint density at radius 1 is 1.19 bits per heavy atom. The molecule has 1 N–H and O–H groups in total. The zero-order valence-corrected chi connectivity index (χ0v) is 15.8. The first kappa shape index (κ1) is 20.7. The Morgan fingerprint density at radius 3 is 2.31 bits per heavy atom. The molecule has 1 aromatic rings. The van der Waals surface area contributed by atoms with Crippen LogP contribution in [0.25, 0.3) is 0 Å². The van der Waals surface area contributed by atoms with Crippen LogP contribution in [0.1, 0.15) is 57.1 Å². The van der Waals surface area contributed by atoms with E-state index >= 15 is 0 Å². The molecule has 0 radical (unpaired) electrons.